The van der Waals surface area contributed by atoms with Crippen LogP contribution in [0.4, 0.5) is 13.2 Å². The average molecular weight is 463 g/mol. The van der Waals surface area contributed by atoms with E-state index in [1.807, 2.05) is 19.1 Å². The number of carbonyl (C=O) groups is 1. The van der Waals surface area contributed by atoms with Crippen LogP contribution in [0.1, 0.15) is 75.2 Å². The zero-order chi connectivity index (χ0) is 24.6. The van der Waals surface area contributed by atoms with Crippen molar-refractivity contribution in [3.63, 3.8) is 0 Å². The first-order chi connectivity index (χ1) is 15.5. The Labute approximate surface area is 194 Å². The molecule has 1 unspecified atom stereocenters. The molecule has 2 rings (SSSR count). The molecule has 0 saturated heterocycles. The van der Waals surface area contributed by atoms with Crippen molar-refractivity contribution in [3.8, 4) is 6.07 Å². The monoisotopic (exact) mass is 462 g/mol. The minimum absolute atomic E-state index is 0.0447. The highest BCUT2D eigenvalue weighted by molar-refractivity contribution is 5.94. The lowest BCUT2D eigenvalue weighted by Crippen LogP contribution is -2.41. The summed E-state index contributed by atoms with van der Waals surface area (Å²) in [6.07, 6.45) is 6.45. The maximum Gasteiger partial charge on any atom is 0.421 e. The summed E-state index contributed by atoms with van der Waals surface area (Å²) in [5, 5.41) is 18.8. The molecule has 0 spiro atoms. The van der Waals surface area contributed by atoms with Crippen LogP contribution in [0.15, 0.2) is 48.1 Å². The van der Waals surface area contributed by atoms with E-state index in [-0.39, 0.29) is 17.5 Å². The zero-order valence-electron chi connectivity index (χ0n) is 19.5. The second-order valence-corrected chi connectivity index (χ2v) is 8.74. The van der Waals surface area contributed by atoms with Gasteiger partial charge in [0.1, 0.15) is 0 Å². The number of amides is 1. The number of nitrogens with zero attached hydrogens (tertiary/aromatic N) is 2. The number of allylic oxidation sites excluding steroid dienone is 4. The largest absolute Gasteiger partial charge is 0.421 e. The van der Waals surface area contributed by atoms with Crippen LogP contribution >= 0.6 is 0 Å². The van der Waals surface area contributed by atoms with Gasteiger partial charge in [-0.3, -0.25) is 4.79 Å². The number of hydrogen-bond donors (Lipinski definition) is 1. The number of hydrogen-bond acceptors (Lipinski definition) is 3. The molecule has 0 aromatic heterocycles. The maximum absolute atomic E-state index is 13.2. The van der Waals surface area contributed by atoms with Gasteiger partial charge in [-0.15, -0.1) is 0 Å². The predicted molar refractivity (Wildman–Crippen MR) is 122 cm³/mol. The van der Waals surface area contributed by atoms with E-state index in [1.165, 1.54) is 24.3 Å². The van der Waals surface area contributed by atoms with Crippen LogP contribution in [0, 0.1) is 17.2 Å². The molecule has 3 atom stereocenters. The highest BCUT2D eigenvalue weighted by atomic mass is 19.4. The summed E-state index contributed by atoms with van der Waals surface area (Å²) in [7, 11) is 0. The summed E-state index contributed by atoms with van der Waals surface area (Å²) in [5.41, 5.74) is -2.26. The average Bonchev–Trinajstić information content (AvgIpc) is 2.79. The fraction of sp³-hybridized carbons (Fsp3) is 0.538. The molecule has 0 saturated carbocycles. The highest BCUT2D eigenvalue weighted by Crippen LogP contribution is 2.38. The first-order valence-electron chi connectivity index (χ1n) is 11.5. The van der Waals surface area contributed by atoms with E-state index < -0.39 is 11.8 Å². The molecule has 7 heteroatoms. The molecule has 0 radical (unpaired) electrons. The molecule has 1 amide bonds. The normalized spacial score (nSPS) is 18.7. The minimum atomic E-state index is -4.81. The van der Waals surface area contributed by atoms with Crippen molar-refractivity contribution >= 4 is 5.91 Å². The second kappa shape index (κ2) is 11.5. The maximum atomic E-state index is 13.2. The van der Waals surface area contributed by atoms with Crippen LogP contribution in [-0.2, 0) is 5.60 Å². The Hall–Kier alpha value is -2.59. The van der Waals surface area contributed by atoms with E-state index in [1.54, 1.807) is 4.90 Å². The molecule has 0 aliphatic heterocycles. The Kier molecular flexibility index (Phi) is 9.30. The molecule has 1 N–H and O–H groups in total. The van der Waals surface area contributed by atoms with Gasteiger partial charge in [-0.05, 0) is 69.2 Å². The Morgan fingerprint density at radius 2 is 1.91 bits per heavy atom. The van der Waals surface area contributed by atoms with Gasteiger partial charge in [0.2, 0.25) is 0 Å². The van der Waals surface area contributed by atoms with Crippen LogP contribution in [0.2, 0.25) is 0 Å². The fourth-order valence-corrected chi connectivity index (χ4v) is 4.20. The summed E-state index contributed by atoms with van der Waals surface area (Å²) >= 11 is 0. The van der Waals surface area contributed by atoms with Gasteiger partial charge in [0, 0.05) is 23.7 Å². The molecule has 1 aliphatic rings. The molecule has 0 bridgehead atoms. The lowest BCUT2D eigenvalue weighted by Gasteiger charge is -2.32. The second-order valence-electron chi connectivity index (χ2n) is 8.74. The number of aliphatic hydroxyl groups is 1. The summed E-state index contributed by atoms with van der Waals surface area (Å²) in [4.78, 5) is 15.0. The van der Waals surface area contributed by atoms with Crippen LogP contribution in [0.25, 0.3) is 0 Å². The van der Waals surface area contributed by atoms with E-state index in [4.69, 9.17) is 5.26 Å². The molecular formula is C26H33F3N2O2. The van der Waals surface area contributed by atoms with Gasteiger partial charge >= 0.3 is 6.18 Å². The smallest absolute Gasteiger partial charge is 0.376 e. The number of nitriles is 1. The van der Waals surface area contributed by atoms with Crippen molar-refractivity contribution in [2.45, 2.75) is 77.1 Å². The number of rotatable bonds is 10. The summed E-state index contributed by atoms with van der Waals surface area (Å²) < 4.78 is 39.3. The van der Waals surface area contributed by atoms with E-state index in [0.717, 1.165) is 38.5 Å². The van der Waals surface area contributed by atoms with Crippen LogP contribution in [0.5, 0.6) is 0 Å². The molecule has 1 aromatic carbocycles. The van der Waals surface area contributed by atoms with E-state index in [9.17, 15) is 23.1 Å². The van der Waals surface area contributed by atoms with Crippen LogP contribution in [0.3, 0.4) is 0 Å². The zero-order valence-corrected chi connectivity index (χ0v) is 19.5. The first kappa shape index (κ1) is 26.7. The first-order valence-corrected chi connectivity index (χ1v) is 11.5. The number of carbonyl (C=O) groups excluding carboxylic acids is 1. The van der Waals surface area contributed by atoms with Crippen molar-refractivity contribution in [2.24, 2.45) is 5.92 Å². The lowest BCUT2D eigenvalue weighted by atomic mass is 9.90. The van der Waals surface area contributed by atoms with Crippen LogP contribution < -0.4 is 0 Å². The standard InChI is InChI=1S/C26H33F3N2O2/c1-4-7-23(9-6-8-19-10-12-20(18-30)13-11-19)31(5-2)24(32)21-14-16-22(17-15-21)25(3,33)26(27,28)29/h10,12-17,19,23,33H,4-9,11H2,1-3H3/t19?,23-,25-/m0/s1. The summed E-state index contributed by atoms with van der Waals surface area (Å²) in [6, 6.07) is 7.24. The van der Waals surface area contributed by atoms with Crippen molar-refractivity contribution in [1.82, 2.24) is 4.90 Å². The molecule has 0 fully saturated rings. The molecule has 0 heterocycles. The summed E-state index contributed by atoms with van der Waals surface area (Å²) in [6.45, 7) is 5.18. The fourth-order valence-electron chi connectivity index (χ4n) is 4.20. The number of alkyl halides is 3. The lowest BCUT2D eigenvalue weighted by molar-refractivity contribution is -0.258. The molecule has 4 nitrogen and oxygen atoms in total. The third-order valence-electron chi connectivity index (χ3n) is 6.34. The summed E-state index contributed by atoms with van der Waals surface area (Å²) in [5.74, 6) is 0.178. The molecule has 1 aliphatic carbocycles. The number of benzene rings is 1. The Balaban J connectivity index is 2.05. The molecule has 1 aromatic rings. The number of halogens is 3. The Morgan fingerprint density at radius 1 is 1.24 bits per heavy atom. The van der Waals surface area contributed by atoms with Crippen LogP contribution in [-0.4, -0.2) is 34.7 Å². The van der Waals surface area contributed by atoms with Gasteiger partial charge in [-0.2, -0.15) is 18.4 Å². The molecular weight excluding hydrogens is 429 g/mol. The Morgan fingerprint density at radius 3 is 2.39 bits per heavy atom. The van der Waals surface area contributed by atoms with Crippen molar-refractivity contribution in [1.29, 1.82) is 5.26 Å². The minimum Gasteiger partial charge on any atom is -0.376 e. The topological polar surface area (TPSA) is 64.3 Å². The van der Waals surface area contributed by atoms with Gasteiger partial charge < -0.3 is 10.0 Å². The molecule has 33 heavy (non-hydrogen) atoms. The van der Waals surface area contributed by atoms with Gasteiger partial charge in [0.15, 0.2) is 5.60 Å². The Bertz CT molecular complexity index is 896. The van der Waals surface area contributed by atoms with Crippen molar-refractivity contribution < 1.29 is 23.1 Å². The van der Waals surface area contributed by atoms with E-state index in [0.29, 0.717) is 30.5 Å². The van der Waals surface area contributed by atoms with Gasteiger partial charge in [-0.25, -0.2) is 0 Å². The third-order valence-corrected chi connectivity index (χ3v) is 6.34. The third kappa shape index (κ3) is 6.70. The predicted octanol–water partition coefficient (Wildman–Crippen LogP) is 6.28. The van der Waals surface area contributed by atoms with Crippen molar-refractivity contribution in [3.05, 3.63) is 59.2 Å². The van der Waals surface area contributed by atoms with Gasteiger partial charge in [0.25, 0.3) is 5.91 Å². The SMILES string of the molecule is CCC[C@@H](CCCC1C=CC(C#N)=CC1)N(CC)C(=O)c1ccc([C@](C)(O)C(F)(F)F)cc1. The van der Waals surface area contributed by atoms with Crippen molar-refractivity contribution in [2.75, 3.05) is 6.54 Å². The van der Waals surface area contributed by atoms with E-state index >= 15 is 0 Å². The van der Waals surface area contributed by atoms with Gasteiger partial charge in [0.05, 0.1) is 6.07 Å². The van der Waals surface area contributed by atoms with E-state index in [2.05, 4.69) is 19.1 Å². The molecule has 180 valence electrons. The quantitative estimate of drug-likeness (QED) is 0.445. The van der Waals surface area contributed by atoms with Gasteiger partial charge in [-0.1, -0.05) is 44.1 Å². The highest BCUT2D eigenvalue weighted by Gasteiger charge is 2.51.